The summed E-state index contributed by atoms with van der Waals surface area (Å²) in [5, 5.41) is 20.1. The molecule has 29 heavy (non-hydrogen) atoms. The normalized spacial score (nSPS) is 15.0. The highest BCUT2D eigenvalue weighted by Gasteiger charge is 2.19. The summed E-state index contributed by atoms with van der Waals surface area (Å²) >= 11 is 5.77. The fourth-order valence-electron chi connectivity index (χ4n) is 3.10. The third-order valence-corrected chi connectivity index (χ3v) is 5.13. The number of aromatic hydroxyl groups is 1. The molecule has 1 fully saturated rings. The van der Waals surface area contributed by atoms with Gasteiger partial charge < -0.3 is 9.84 Å². The Morgan fingerprint density at radius 3 is 2.76 bits per heavy atom. The minimum atomic E-state index is -0.562. The van der Waals surface area contributed by atoms with E-state index in [-0.39, 0.29) is 28.6 Å². The molecule has 152 valence electrons. The van der Waals surface area contributed by atoms with Crippen LogP contribution in [0.2, 0.25) is 5.02 Å². The van der Waals surface area contributed by atoms with Crippen LogP contribution >= 0.6 is 11.6 Å². The predicted octanol–water partition coefficient (Wildman–Crippen LogP) is 2.61. The molecule has 0 unspecified atom stereocenters. The average molecular weight is 419 g/mol. The number of hydrogen-bond donors (Lipinski definition) is 1. The number of ether oxygens (including phenoxy) is 1. The molecule has 7 nitrogen and oxygen atoms in total. The van der Waals surface area contributed by atoms with Crippen molar-refractivity contribution in [2.24, 2.45) is 4.99 Å². The lowest BCUT2D eigenvalue weighted by Gasteiger charge is -2.27. The second-order valence-corrected chi connectivity index (χ2v) is 7.02. The summed E-state index contributed by atoms with van der Waals surface area (Å²) < 4.78 is 19.8. The van der Waals surface area contributed by atoms with Gasteiger partial charge in [-0.05, 0) is 30.7 Å². The van der Waals surface area contributed by atoms with E-state index in [1.807, 2.05) is 6.07 Å². The van der Waals surface area contributed by atoms with Crippen LogP contribution < -0.4 is 5.56 Å². The molecule has 1 aliphatic heterocycles. The van der Waals surface area contributed by atoms with E-state index in [1.54, 1.807) is 6.92 Å². The Hall–Kier alpha value is -2.73. The van der Waals surface area contributed by atoms with Gasteiger partial charge in [-0.15, -0.1) is 0 Å². The molecule has 0 saturated carbocycles. The van der Waals surface area contributed by atoms with E-state index in [0.29, 0.717) is 31.0 Å². The Balaban J connectivity index is 1.95. The molecule has 2 aromatic rings. The Bertz CT molecular complexity index is 1040. The Labute approximate surface area is 172 Å². The van der Waals surface area contributed by atoms with Crippen LogP contribution in [0.4, 0.5) is 10.1 Å². The van der Waals surface area contributed by atoms with Crippen LogP contribution in [0.15, 0.2) is 28.0 Å². The van der Waals surface area contributed by atoms with Crippen LogP contribution in [0.5, 0.6) is 5.88 Å². The fourth-order valence-corrected chi connectivity index (χ4v) is 3.28. The van der Waals surface area contributed by atoms with Crippen molar-refractivity contribution in [3.63, 3.8) is 0 Å². The fraction of sp³-hybridized carbons (Fsp3) is 0.350. The number of pyridine rings is 1. The first-order chi connectivity index (χ1) is 13.9. The molecule has 0 amide bonds. The molecule has 1 saturated heterocycles. The average Bonchev–Trinajstić information content (AvgIpc) is 2.71. The molecule has 2 heterocycles. The SMILES string of the molecule is Cc1c(C=Nc2ccc(F)c(Cl)c2)c(O)n(CCN2CCOCC2)c(=O)c1C#N. The number of benzene rings is 1. The quantitative estimate of drug-likeness (QED) is 0.754. The molecule has 1 aliphatic rings. The highest BCUT2D eigenvalue weighted by Crippen LogP contribution is 2.24. The van der Waals surface area contributed by atoms with Crippen LogP contribution in [-0.2, 0) is 11.3 Å². The maximum absolute atomic E-state index is 13.3. The van der Waals surface area contributed by atoms with Gasteiger partial charge in [0, 0.05) is 32.4 Å². The molecule has 1 aromatic heterocycles. The number of hydrogen-bond acceptors (Lipinski definition) is 6. The molecule has 0 atom stereocenters. The van der Waals surface area contributed by atoms with Crippen molar-refractivity contribution in [3.05, 3.63) is 56.1 Å². The topological polar surface area (TPSA) is 90.8 Å². The highest BCUT2D eigenvalue weighted by atomic mass is 35.5. The maximum atomic E-state index is 13.3. The van der Waals surface area contributed by atoms with Gasteiger partial charge in [0.1, 0.15) is 17.4 Å². The standard InChI is InChI=1S/C20H20ClFN4O3/c1-13-15(11-23)19(27)26(5-4-25-6-8-29-9-7-25)20(28)16(13)12-24-14-2-3-18(22)17(21)10-14/h2-3,10,12,28H,4-9H2,1H3. The first kappa shape index (κ1) is 21.0. The molecular formula is C20H20ClFN4O3. The molecule has 9 heteroatoms. The van der Waals surface area contributed by atoms with Crippen LogP contribution in [0.25, 0.3) is 0 Å². The van der Waals surface area contributed by atoms with E-state index in [1.165, 1.54) is 29.0 Å². The smallest absolute Gasteiger partial charge is 0.271 e. The van der Waals surface area contributed by atoms with Gasteiger partial charge in [-0.3, -0.25) is 19.3 Å². The van der Waals surface area contributed by atoms with E-state index in [2.05, 4.69) is 9.89 Å². The lowest BCUT2D eigenvalue weighted by molar-refractivity contribution is 0.0360. The Morgan fingerprint density at radius 2 is 2.10 bits per heavy atom. The van der Waals surface area contributed by atoms with Gasteiger partial charge in [-0.1, -0.05) is 11.6 Å². The highest BCUT2D eigenvalue weighted by molar-refractivity contribution is 6.31. The van der Waals surface area contributed by atoms with Gasteiger partial charge >= 0.3 is 0 Å². The zero-order valence-corrected chi connectivity index (χ0v) is 16.6. The number of rotatable bonds is 5. The zero-order chi connectivity index (χ0) is 21.0. The minimum absolute atomic E-state index is 0.0524. The van der Waals surface area contributed by atoms with Crippen molar-refractivity contribution in [3.8, 4) is 11.9 Å². The van der Waals surface area contributed by atoms with E-state index in [4.69, 9.17) is 16.3 Å². The third-order valence-electron chi connectivity index (χ3n) is 4.84. The number of morpholine rings is 1. The predicted molar refractivity (Wildman–Crippen MR) is 108 cm³/mol. The number of aliphatic imine (C=N–C) groups is 1. The minimum Gasteiger partial charge on any atom is -0.494 e. The summed E-state index contributed by atoms with van der Waals surface area (Å²) in [6, 6.07) is 5.88. The molecule has 1 aromatic carbocycles. The van der Waals surface area contributed by atoms with Crippen LogP contribution in [0, 0.1) is 24.1 Å². The summed E-state index contributed by atoms with van der Waals surface area (Å²) in [4.78, 5) is 19.0. The molecular weight excluding hydrogens is 399 g/mol. The van der Waals surface area contributed by atoms with E-state index in [0.717, 1.165) is 13.1 Å². The Kier molecular flexibility index (Phi) is 6.64. The monoisotopic (exact) mass is 418 g/mol. The molecule has 0 bridgehead atoms. The van der Waals surface area contributed by atoms with Gasteiger partial charge in [0.05, 0.1) is 29.5 Å². The van der Waals surface area contributed by atoms with Crippen LogP contribution in [0.3, 0.4) is 0 Å². The van der Waals surface area contributed by atoms with Gasteiger partial charge in [0.15, 0.2) is 0 Å². The molecule has 1 N–H and O–H groups in total. The van der Waals surface area contributed by atoms with E-state index < -0.39 is 11.4 Å². The number of nitrogens with zero attached hydrogens (tertiary/aromatic N) is 4. The van der Waals surface area contributed by atoms with Crippen molar-refractivity contribution >= 4 is 23.5 Å². The lowest BCUT2D eigenvalue weighted by atomic mass is 10.1. The largest absolute Gasteiger partial charge is 0.494 e. The number of nitriles is 1. The molecule has 3 rings (SSSR count). The van der Waals surface area contributed by atoms with Crippen LogP contribution in [0.1, 0.15) is 16.7 Å². The van der Waals surface area contributed by atoms with E-state index in [9.17, 15) is 19.6 Å². The molecule has 0 aliphatic carbocycles. The second-order valence-electron chi connectivity index (χ2n) is 6.62. The maximum Gasteiger partial charge on any atom is 0.271 e. The summed E-state index contributed by atoms with van der Waals surface area (Å²) in [6.07, 6.45) is 1.35. The summed E-state index contributed by atoms with van der Waals surface area (Å²) in [5.74, 6) is -0.829. The van der Waals surface area contributed by atoms with Crippen molar-refractivity contribution in [1.29, 1.82) is 5.26 Å². The molecule has 0 spiro atoms. The van der Waals surface area contributed by atoms with Crippen molar-refractivity contribution in [1.82, 2.24) is 9.47 Å². The van der Waals surface area contributed by atoms with Gasteiger partial charge in [0.2, 0.25) is 5.88 Å². The van der Waals surface area contributed by atoms with Gasteiger partial charge in [0.25, 0.3) is 5.56 Å². The summed E-state index contributed by atoms with van der Waals surface area (Å²) in [5.41, 5.74) is 0.360. The van der Waals surface area contributed by atoms with Crippen molar-refractivity contribution < 1.29 is 14.2 Å². The van der Waals surface area contributed by atoms with Crippen molar-refractivity contribution in [2.75, 3.05) is 32.8 Å². The first-order valence-corrected chi connectivity index (χ1v) is 9.46. The van der Waals surface area contributed by atoms with Crippen LogP contribution in [-0.4, -0.2) is 53.6 Å². The van der Waals surface area contributed by atoms with Gasteiger partial charge in [-0.2, -0.15) is 5.26 Å². The first-order valence-electron chi connectivity index (χ1n) is 9.08. The number of aromatic nitrogens is 1. The van der Waals surface area contributed by atoms with E-state index >= 15 is 0 Å². The molecule has 0 radical (unpaired) electrons. The lowest BCUT2D eigenvalue weighted by Crippen LogP contribution is -2.39. The summed E-state index contributed by atoms with van der Waals surface area (Å²) in [6.45, 7) is 5.06. The second kappa shape index (κ2) is 9.18. The zero-order valence-electron chi connectivity index (χ0n) is 15.9. The third kappa shape index (κ3) is 4.65. The number of halogens is 2. The Morgan fingerprint density at radius 1 is 1.38 bits per heavy atom. The van der Waals surface area contributed by atoms with Crippen molar-refractivity contribution in [2.45, 2.75) is 13.5 Å². The van der Waals surface area contributed by atoms with Gasteiger partial charge in [-0.25, -0.2) is 4.39 Å². The summed E-state index contributed by atoms with van der Waals surface area (Å²) in [7, 11) is 0.